The zero-order chi connectivity index (χ0) is 25.7. The number of hydrogen-bond donors (Lipinski definition) is 2. The Labute approximate surface area is 231 Å². The molecule has 0 saturated carbocycles. The molecule has 14 heteroatoms. The maximum atomic E-state index is 12.0. The topological polar surface area (TPSA) is 218 Å². The molecule has 2 aliphatic heterocycles. The third-order valence-electron chi connectivity index (χ3n) is 5.57. The summed E-state index contributed by atoms with van der Waals surface area (Å²) >= 11 is 0. The van der Waals surface area contributed by atoms with Gasteiger partial charge in [-0.3, -0.25) is 0 Å². The van der Waals surface area contributed by atoms with Gasteiger partial charge < -0.3 is 49.6 Å². The van der Waals surface area contributed by atoms with Crippen molar-refractivity contribution in [3.63, 3.8) is 0 Å². The Morgan fingerprint density at radius 3 is 1.03 bits per heavy atom. The quantitative estimate of drug-likeness (QED) is 0.219. The van der Waals surface area contributed by atoms with Gasteiger partial charge in [0.05, 0.1) is 46.7 Å². The molecule has 0 amide bonds. The molecule has 38 heavy (non-hydrogen) atoms. The average Bonchev–Trinajstić information content (AvgIpc) is 3.57. The number of aromatic nitrogens is 4. The van der Waals surface area contributed by atoms with Crippen LogP contribution in [0, 0.1) is 0 Å². The molecule has 0 aromatic carbocycles. The summed E-state index contributed by atoms with van der Waals surface area (Å²) in [7, 11) is 0. The first-order valence-corrected chi connectivity index (χ1v) is 10.2. The molecule has 5 heterocycles. The van der Waals surface area contributed by atoms with E-state index >= 15 is 0 Å². The summed E-state index contributed by atoms with van der Waals surface area (Å²) in [6.45, 7) is 0. The second-order valence-corrected chi connectivity index (χ2v) is 7.65. The predicted molar refractivity (Wildman–Crippen MR) is 116 cm³/mol. The molecule has 2 aliphatic rings. The van der Waals surface area contributed by atoms with Crippen LogP contribution in [0.4, 0.5) is 0 Å². The van der Waals surface area contributed by atoms with Gasteiger partial charge in [-0.05, 0) is 48.6 Å². The summed E-state index contributed by atoms with van der Waals surface area (Å²) in [5, 5.41) is 47.9. The van der Waals surface area contributed by atoms with E-state index in [-0.39, 0.29) is 77.8 Å². The number of aromatic amines is 2. The van der Waals surface area contributed by atoms with Crippen molar-refractivity contribution in [2.45, 2.75) is 0 Å². The molecule has 8 bridgehead atoms. The van der Waals surface area contributed by atoms with Crippen LogP contribution in [0.3, 0.4) is 0 Å². The average molecular weight is 600 g/mol. The van der Waals surface area contributed by atoms with Gasteiger partial charge in [0.1, 0.15) is 0 Å². The van der Waals surface area contributed by atoms with Gasteiger partial charge in [-0.1, -0.05) is 0 Å². The van der Waals surface area contributed by atoms with Crippen molar-refractivity contribution in [2.24, 2.45) is 0 Å². The van der Waals surface area contributed by atoms with Crippen LogP contribution in [0.2, 0.25) is 0 Å². The maximum Gasteiger partial charge on any atom is 2.00 e. The van der Waals surface area contributed by atoms with Crippen LogP contribution < -0.4 is 20.4 Å². The SMILES string of the molecule is O=C([O-])c1c2nc(c(C(=O)[O-])c3ccc([nH]3)c(C(=O)[O-])c3ccc([nH]3)c(C(=O)[O-])c3nc1C=C3)C=C2.[Ni+2].[Ni+2]. The van der Waals surface area contributed by atoms with E-state index in [0.717, 1.165) is 0 Å². The molecule has 0 fully saturated rings. The molecular weight excluding hydrogens is 590 g/mol. The fourth-order valence-electron chi connectivity index (χ4n) is 4.07. The molecule has 5 rings (SSSR count). The minimum absolute atomic E-state index is 0. The van der Waals surface area contributed by atoms with Crippen LogP contribution in [0.5, 0.6) is 0 Å². The van der Waals surface area contributed by atoms with Crippen molar-refractivity contribution in [2.75, 3.05) is 0 Å². The van der Waals surface area contributed by atoms with Crippen LogP contribution in [0.1, 0.15) is 64.2 Å². The molecule has 2 N–H and O–H groups in total. The van der Waals surface area contributed by atoms with Crippen LogP contribution in [-0.2, 0) is 33.0 Å². The van der Waals surface area contributed by atoms with E-state index in [1.165, 1.54) is 48.6 Å². The third kappa shape index (κ3) is 4.63. The Balaban J connectivity index is 0.00000200. The summed E-state index contributed by atoms with van der Waals surface area (Å²) in [5.74, 6) is -6.65. The van der Waals surface area contributed by atoms with Gasteiger partial charge in [-0.25, -0.2) is 9.97 Å². The summed E-state index contributed by atoms with van der Waals surface area (Å²) in [6, 6.07) is 5.09. The molecule has 3 aromatic heterocycles. The number of carboxylic acids is 4. The van der Waals surface area contributed by atoms with E-state index in [1.807, 2.05) is 0 Å². The number of nitrogens with one attached hydrogen (secondary N) is 2. The Morgan fingerprint density at radius 1 is 0.474 bits per heavy atom. The van der Waals surface area contributed by atoms with E-state index in [0.29, 0.717) is 0 Å². The number of hydrogen-bond acceptors (Lipinski definition) is 10. The molecule has 194 valence electrons. The normalized spacial score (nSPS) is 11.4. The smallest absolute Gasteiger partial charge is 0.545 e. The third-order valence-corrected chi connectivity index (χ3v) is 5.57. The van der Waals surface area contributed by atoms with Crippen molar-refractivity contribution in [3.05, 3.63) is 69.3 Å². The van der Waals surface area contributed by atoms with Crippen molar-refractivity contribution < 1.29 is 72.6 Å². The minimum Gasteiger partial charge on any atom is -0.545 e. The van der Waals surface area contributed by atoms with Crippen LogP contribution in [-0.4, -0.2) is 43.8 Å². The van der Waals surface area contributed by atoms with Crippen molar-refractivity contribution in [1.82, 2.24) is 19.9 Å². The van der Waals surface area contributed by atoms with Crippen molar-refractivity contribution in [3.8, 4) is 0 Å². The maximum absolute atomic E-state index is 12.0. The van der Waals surface area contributed by atoms with E-state index in [4.69, 9.17) is 0 Å². The van der Waals surface area contributed by atoms with Gasteiger partial charge in [0.25, 0.3) is 0 Å². The van der Waals surface area contributed by atoms with Crippen molar-refractivity contribution >= 4 is 70.2 Å². The molecular formula is C24H10N4Ni2O8. The fraction of sp³-hybridized carbons (Fsp3) is 0. The number of H-pyrrole nitrogens is 2. The molecule has 12 nitrogen and oxygen atoms in total. The first-order valence-electron chi connectivity index (χ1n) is 10.2. The number of fused-ring (bicyclic) bond motifs is 8. The van der Waals surface area contributed by atoms with Gasteiger partial charge in [0.2, 0.25) is 0 Å². The van der Waals surface area contributed by atoms with Gasteiger partial charge in [-0.2, -0.15) is 0 Å². The summed E-state index contributed by atoms with van der Waals surface area (Å²) < 4.78 is 0. The molecule has 0 aliphatic carbocycles. The first kappa shape index (κ1) is 28.0. The molecule has 0 unspecified atom stereocenters. The zero-order valence-electron chi connectivity index (χ0n) is 18.4. The monoisotopic (exact) mass is 598 g/mol. The standard InChI is InChI=1S/C24H14N4O8.2Ni/c29-21(30)17-9-1-2-10(25-9)18(22(31)32)12-5-6-14(27-12)20(24(35)36)16-8-7-15(28-16)19(23(33)34)13-4-3-11(17)26-13;;/h1-8,25-26H,(H,29,30)(H,31,32)(H,33,34)(H,35,36);;/q;2*+2/p-4. The van der Waals surface area contributed by atoms with Crippen LogP contribution >= 0.6 is 0 Å². The largest absolute Gasteiger partial charge is 2.00 e. The number of carbonyl (C=O) groups is 4. The summed E-state index contributed by atoms with van der Waals surface area (Å²) in [4.78, 5) is 61.4. The van der Waals surface area contributed by atoms with Gasteiger partial charge in [0.15, 0.2) is 0 Å². The summed E-state index contributed by atoms with van der Waals surface area (Å²) in [6.07, 6.45) is 4.90. The second-order valence-electron chi connectivity index (χ2n) is 7.65. The van der Waals surface area contributed by atoms with E-state index in [9.17, 15) is 39.6 Å². The van der Waals surface area contributed by atoms with Crippen molar-refractivity contribution in [1.29, 1.82) is 0 Å². The van der Waals surface area contributed by atoms with E-state index in [1.54, 1.807) is 0 Å². The first-order chi connectivity index (χ1) is 17.2. The van der Waals surface area contributed by atoms with Gasteiger partial charge in [-0.15, -0.1) is 0 Å². The number of aromatic carboxylic acids is 4. The zero-order valence-corrected chi connectivity index (χ0v) is 20.4. The van der Waals surface area contributed by atoms with Crippen LogP contribution in [0.15, 0.2) is 24.3 Å². The number of nitrogens with zero attached hydrogens (tertiary/aromatic N) is 2. The Kier molecular flexibility index (Phi) is 7.71. The molecule has 0 atom stereocenters. The van der Waals surface area contributed by atoms with E-state index in [2.05, 4.69) is 19.9 Å². The Bertz CT molecular complexity index is 1660. The predicted octanol–water partition coefficient (Wildman–Crippen LogP) is -1.90. The Morgan fingerprint density at radius 2 is 0.737 bits per heavy atom. The molecule has 0 spiro atoms. The number of carbonyl (C=O) groups excluding carboxylic acids is 4. The second kappa shape index (κ2) is 10.4. The molecule has 3 aromatic rings. The minimum atomic E-state index is -1.69. The van der Waals surface area contributed by atoms with E-state index < -0.39 is 46.1 Å². The fourth-order valence-corrected chi connectivity index (χ4v) is 4.07. The van der Waals surface area contributed by atoms with Crippen LogP contribution in [0.25, 0.3) is 46.4 Å². The van der Waals surface area contributed by atoms with Gasteiger partial charge >= 0.3 is 33.0 Å². The molecule has 0 saturated heterocycles. The number of carboxylic acid groups (broad SMARTS) is 4. The molecule has 0 radical (unpaired) electrons. The van der Waals surface area contributed by atoms with Gasteiger partial charge in [0, 0.05) is 44.3 Å². The Hall–Kier alpha value is -4.53. The number of rotatable bonds is 4. The summed E-state index contributed by atoms with van der Waals surface area (Å²) in [5.41, 5.74) is -2.95.